The van der Waals surface area contributed by atoms with E-state index in [-0.39, 0.29) is 0 Å². The molecule has 0 radical (unpaired) electrons. The van der Waals surface area contributed by atoms with Crippen LogP contribution in [0.2, 0.25) is 5.02 Å². The monoisotopic (exact) mass is 402 g/mol. The summed E-state index contributed by atoms with van der Waals surface area (Å²) < 4.78 is 7.95. The van der Waals surface area contributed by atoms with Crippen molar-refractivity contribution in [1.29, 1.82) is 0 Å². The summed E-state index contributed by atoms with van der Waals surface area (Å²) in [6, 6.07) is 17.5. The molecule has 0 aliphatic rings. The Morgan fingerprint density at radius 3 is 2.48 bits per heavy atom. The number of hydrogen-bond donors (Lipinski definition) is 0. The number of aromatic nitrogens is 3. The fourth-order valence-electron chi connectivity index (χ4n) is 2.55. The molecule has 0 amide bonds. The largest absolute Gasteiger partial charge is 0.486 e. The van der Waals surface area contributed by atoms with Crippen molar-refractivity contribution in [1.82, 2.24) is 19.7 Å². The number of hydrogen-bond acceptors (Lipinski definition) is 5. The Labute approximate surface area is 169 Å². The maximum Gasteiger partial charge on any atom is 0.195 e. The van der Waals surface area contributed by atoms with E-state index < -0.39 is 0 Å². The molecule has 0 N–H and O–H groups in total. The first kappa shape index (κ1) is 19.7. The third kappa shape index (κ3) is 5.73. The van der Waals surface area contributed by atoms with Crippen molar-refractivity contribution in [3.63, 3.8) is 0 Å². The van der Waals surface area contributed by atoms with Crippen molar-refractivity contribution in [2.45, 2.75) is 18.2 Å². The van der Waals surface area contributed by atoms with Gasteiger partial charge in [0.05, 0.1) is 0 Å². The van der Waals surface area contributed by atoms with E-state index in [9.17, 15) is 0 Å². The average molecular weight is 403 g/mol. The summed E-state index contributed by atoms with van der Waals surface area (Å²) in [5.74, 6) is 2.51. The first-order valence-corrected chi connectivity index (χ1v) is 10.2. The van der Waals surface area contributed by atoms with Crippen molar-refractivity contribution in [3.05, 3.63) is 65.4 Å². The maximum absolute atomic E-state index is 5.93. The predicted octanol–water partition coefficient (Wildman–Crippen LogP) is 4.54. The smallest absolute Gasteiger partial charge is 0.195 e. The lowest BCUT2D eigenvalue weighted by Crippen LogP contribution is -2.13. The van der Waals surface area contributed by atoms with Gasteiger partial charge in [0, 0.05) is 16.5 Å². The zero-order valence-corrected chi connectivity index (χ0v) is 17.1. The number of rotatable bonds is 9. The second-order valence-electron chi connectivity index (χ2n) is 6.32. The second-order valence-corrected chi connectivity index (χ2v) is 7.82. The van der Waals surface area contributed by atoms with Gasteiger partial charge in [-0.2, -0.15) is 0 Å². The van der Waals surface area contributed by atoms with Gasteiger partial charge in [-0.25, -0.2) is 0 Å². The topological polar surface area (TPSA) is 43.2 Å². The van der Waals surface area contributed by atoms with E-state index in [1.54, 1.807) is 11.8 Å². The summed E-state index contributed by atoms with van der Waals surface area (Å²) in [6.45, 7) is 1.39. The maximum atomic E-state index is 5.93. The summed E-state index contributed by atoms with van der Waals surface area (Å²) in [6.07, 6.45) is 1.09. The lowest BCUT2D eigenvalue weighted by atomic mass is 10.3. The van der Waals surface area contributed by atoms with Crippen LogP contribution in [0.15, 0.2) is 59.8 Å². The molecule has 1 heterocycles. The molecule has 0 bridgehead atoms. The van der Waals surface area contributed by atoms with E-state index in [1.807, 2.05) is 42.5 Å². The van der Waals surface area contributed by atoms with Crippen LogP contribution in [0, 0.1) is 0 Å². The number of nitrogens with zero attached hydrogens (tertiary/aromatic N) is 4. The molecular weight excluding hydrogens is 380 g/mol. The molecule has 1 aromatic heterocycles. The highest BCUT2D eigenvalue weighted by atomic mass is 35.5. The lowest BCUT2D eigenvalue weighted by molar-refractivity contribution is 0.293. The Morgan fingerprint density at radius 2 is 1.78 bits per heavy atom. The molecule has 3 aromatic rings. The standard InChI is InChI=1S/C20H23ClN4OS/c1-24(2)13-6-14-27-20-23-22-19(25(20)17-7-4-3-5-8-17)15-26-18-11-9-16(21)10-12-18/h3-5,7-12H,6,13-15H2,1-2H3. The van der Waals surface area contributed by atoms with Crippen LogP contribution in [-0.2, 0) is 6.61 Å². The minimum Gasteiger partial charge on any atom is -0.486 e. The molecule has 7 heteroatoms. The van der Waals surface area contributed by atoms with E-state index in [0.29, 0.717) is 11.6 Å². The molecule has 27 heavy (non-hydrogen) atoms. The molecule has 0 aliphatic heterocycles. The van der Waals surface area contributed by atoms with Crippen molar-refractivity contribution in [2.75, 3.05) is 26.4 Å². The minimum atomic E-state index is 0.335. The van der Waals surface area contributed by atoms with E-state index >= 15 is 0 Å². The average Bonchev–Trinajstić information content (AvgIpc) is 3.08. The van der Waals surface area contributed by atoms with Crippen LogP contribution in [0.3, 0.4) is 0 Å². The summed E-state index contributed by atoms with van der Waals surface area (Å²) in [5, 5.41) is 10.3. The van der Waals surface area contributed by atoms with E-state index in [4.69, 9.17) is 16.3 Å². The number of para-hydroxylation sites is 1. The number of ether oxygens (including phenoxy) is 1. The van der Waals surface area contributed by atoms with Gasteiger partial charge in [0.15, 0.2) is 11.0 Å². The molecule has 2 aromatic carbocycles. The van der Waals surface area contributed by atoms with Gasteiger partial charge in [-0.1, -0.05) is 41.6 Å². The lowest BCUT2D eigenvalue weighted by Gasteiger charge is -2.12. The summed E-state index contributed by atoms with van der Waals surface area (Å²) in [5.41, 5.74) is 1.03. The van der Waals surface area contributed by atoms with E-state index in [0.717, 1.165) is 41.1 Å². The molecular formula is C20H23ClN4OS. The van der Waals surface area contributed by atoms with Gasteiger partial charge in [0.1, 0.15) is 12.4 Å². The zero-order chi connectivity index (χ0) is 19.1. The molecule has 0 saturated carbocycles. The highest BCUT2D eigenvalue weighted by Gasteiger charge is 2.15. The Hall–Kier alpha value is -2.02. The van der Waals surface area contributed by atoms with Crippen LogP contribution in [0.1, 0.15) is 12.2 Å². The highest BCUT2D eigenvalue weighted by Crippen LogP contribution is 2.24. The summed E-state index contributed by atoms with van der Waals surface area (Å²) in [4.78, 5) is 2.19. The van der Waals surface area contributed by atoms with Gasteiger partial charge in [-0.05, 0) is 63.5 Å². The van der Waals surface area contributed by atoms with Crippen LogP contribution >= 0.6 is 23.4 Å². The van der Waals surface area contributed by atoms with Crippen LogP contribution < -0.4 is 4.74 Å². The van der Waals surface area contributed by atoms with Gasteiger partial charge in [0.2, 0.25) is 0 Å². The molecule has 5 nitrogen and oxygen atoms in total. The normalized spacial score (nSPS) is 11.1. The van der Waals surface area contributed by atoms with Gasteiger partial charge >= 0.3 is 0 Å². The Kier molecular flexibility index (Phi) is 7.15. The number of thioether (sulfide) groups is 1. The molecule has 0 fully saturated rings. The molecule has 3 rings (SSSR count). The number of benzene rings is 2. The first-order valence-electron chi connectivity index (χ1n) is 8.79. The molecule has 0 unspecified atom stereocenters. The summed E-state index contributed by atoms with van der Waals surface area (Å²) >= 11 is 7.65. The SMILES string of the molecule is CN(C)CCCSc1nnc(COc2ccc(Cl)cc2)n1-c1ccccc1. The van der Waals surface area contributed by atoms with E-state index in [2.05, 4.69) is 45.9 Å². The van der Waals surface area contributed by atoms with Crippen molar-refractivity contribution in [2.24, 2.45) is 0 Å². The second kappa shape index (κ2) is 9.78. The molecule has 0 spiro atoms. The Bertz CT molecular complexity index is 837. The van der Waals surface area contributed by atoms with Crippen molar-refractivity contribution in [3.8, 4) is 11.4 Å². The fourth-order valence-corrected chi connectivity index (χ4v) is 3.57. The third-order valence-electron chi connectivity index (χ3n) is 3.88. The Balaban J connectivity index is 1.75. The van der Waals surface area contributed by atoms with Crippen molar-refractivity contribution >= 4 is 23.4 Å². The quantitative estimate of drug-likeness (QED) is 0.388. The minimum absolute atomic E-state index is 0.335. The molecule has 0 saturated heterocycles. The molecule has 0 aliphatic carbocycles. The summed E-state index contributed by atoms with van der Waals surface area (Å²) in [7, 11) is 4.17. The van der Waals surface area contributed by atoms with Gasteiger partial charge in [-0.3, -0.25) is 4.57 Å². The fraction of sp³-hybridized carbons (Fsp3) is 0.300. The zero-order valence-electron chi connectivity index (χ0n) is 15.5. The highest BCUT2D eigenvalue weighted by molar-refractivity contribution is 7.99. The third-order valence-corrected chi connectivity index (χ3v) is 5.14. The number of halogens is 1. The predicted molar refractivity (Wildman–Crippen MR) is 111 cm³/mol. The van der Waals surface area contributed by atoms with Gasteiger partial charge in [-0.15, -0.1) is 10.2 Å². The van der Waals surface area contributed by atoms with Crippen LogP contribution in [-0.4, -0.2) is 46.1 Å². The van der Waals surface area contributed by atoms with Crippen LogP contribution in [0.5, 0.6) is 5.75 Å². The van der Waals surface area contributed by atoms with Gasteiger partial charge in [0.25, 0.3) is 0 Å². The van der Waals surface area contributed by atoms with Crippen LogP contribution in [0.25, 0.3) is 5.69 Å². The first-order chi connectivity index (χ1) is 13.1. The van der Waals surface area contributed by atoms with E-state index in [1.165, 1.54) is 0 Å². The molecule has 142 valence electrons. The van der Waals surface area contributed by atoms with Crippen molar-refractivity contribution < 1.29 is 4.74 Å². The van der Waals surface area contributed by atoms with Crippen LogP contribution in [0.4, 0.5) is 0 Å². The Morgan fingerprint density at radius 1 is 1.04 bits per heavy atom. The molecule has 0 atom stereocenters. The van der Waals surface area contributed by atoms with Gasteiger partial charge < -0.3 is 9.64 Å².